The highest BCUT2D eigenvalue weighted by Gasteiger charge is 2.38. The zero-order valence-electron chi connectivity index (χ0n) is 11.5. The number of hydrogen-bond acceptors (Lipinski definition) is 5. The average Bonchev–Trinajstić information content (AvgIpc) is 3.23. The monoisotopic (exact) mass is 322 g/mol. The lowest BCUT2D eigenvalue weighted by molar-refractivity contribution is -0.159. The molecule has 1 aromatic heterocycles. The lowest BCUT2D eigenvalue weighted by Gasteiger charge is -2.07. The summed E-state index contributed by atoms with van der Waals surface area (Å²) in [4.78, 5) is 15.0. The SMILES string of the molecule is N#Cc1cc(-c2noc(C(F)(F)F)n2)ccc1NC(=O)C1CC1. The van der Waals surface area contributed by atoms with E-state index in [1.54, 1.807) is 0 Å². The molecule has 1 fully saturated rings. The number of alkyl halides is 3. The van der Waals surface area contributed by atoms with E-state index in [2.05, 4.69) is 20.0 Å². The highest BCUT2D eigenvalue weighted by molar-refractivity contribution is 5.95. The first kappa shape index (κ1) is 15.0. The predicted molar refractivity (Wildman–Crippen MR) is 70.8 cm³/mol. The molecule has 1 heterocycles. The van der Waals surface area contributed by atoms with E-state index >= 15 is 0 Å². The van der Waals surface area contributed by atoms with Crippen LogP contribution in [0.1, 0.15) is 24.3 Å². The summed E-state index contributed by atoms with van der Waals surface area (Å²) in [5.41, 5.74) is 0.591. The van der Waals surface area contributed by atoms with Gasteiger partial charge in [-0.2, -0.15) is 23.4 Å². The number of nitrogens with zero attached hydrogens (tertiary/aromatic N) is 3. The van der Waals surface area contributed by atoms with Crippen molar-refractivity contribution in [3.63, 3.8) is 0 Å². The van der Waals surface area contributed by atoms with Crippen molar-refractivity contribution in [3.05, 3.63) is 29.7 Å². The van der Waals surface area contributed by atoms with E-state index < -0.39 is 12.1 Å². The Bertz CT molecular complexity index is 803. The summed E-state index contributed by atoms with van der Waals surface area (Å²) in [6.45, 7) is 0. The summed E-state index contributed by atoms with van der Waals surface area (Å²) in [6.07, 6.45) is -3.11. The summed E-state index contributed by atoms with van der Waals surface area (Å²) in [5.74, 6) is -1.95. The van der Waals surface area contributed by atoms with E-state index in [0.29, 0.717) is 5.69 Å². The van der Waals surface area contributed by atoms with Crippen LogP contribution < -0.4 is 5.32 Å². The van der Waals surface area contributed by atoms with Crippen molar-refractivity contribution in [2.24, 2.45) is 5.92 Å². The maximum absolute atomic E-state index is 12.5. The molecule has 1 aromatic carbocycles. The van der Waals surface area contributed by atoms with Crippen LogP contribution in [-0.2, 0) is 11.0 Å². The Balaban J connectivity index is 1.88. The molecule has 0 unspecified atom stereocenters. The molecule has 0 spiro atoms. The topological polar surface area (TPSA) is 91.8 Å². The fraction of sp³-hybridized carbons (Fsp3) is 0.286. The number of nitriles is 1. The molecule has 0 radical (unpaired) electrons. The van der Waals surface area contributed by atoms with Crippen molar-refractivity contribution in [1.29, 1.82) is 5.26 Å². The van der Waals surface area contributed by atoms with Crippen LogP contribution in [0.25, 0.3) is 11.4 Å². The third kappa shape index (κ3) is 3.15. The van der Waals surface area contributed by atoms with Crippen LogP contribution in [-0.4, -0.2) is 16.0 Å². The third-order valence-electron chi connectivity index (χ3n) is 3.27. The smallest absolute Gasteiger partial charge is 0.329 e. The molecule has 9 heteroatoms. The Morgan fingerprint density at radius 1 is 1.39 bits per heavy atom. The van der Waals surface area contributed by atoms with Gasteiger partial charge in [-0.3, -0.25) is 4.79 Å². The summed E-state index contributed by atoms with van der Waals surface area (Å²) in [6, 6.07) is 6.02. The van der Waals surface area contributed by atoms with Crippen molar-refractivity contribution in [3.8, 4) is 17.5 Å². The first-order valence-electron chi connectivity index (χ1n) is 6.65. The number of hydrogen-bond donors (Lipinski definition) is 1. The van der Waals surface area contributed by atoms with Gasteiger partial charge < -0.3 is 9.84 Å². The van der Waals surface area contributed by atoms with Crippen molar-refractivity contribution in [2.45, 2.75) is 19.0 Å². The van der Waals surface area contributed by atoms with E-state index in [4.69, 9.17) is 5.26 Å². The van der Waals surface area contributed by atoms with E-state index in [9.17, 15) is 18.0 Å². The van der Waals surface area contributed by atoms with Gasteiger partial charge in [0.15, 0.2) is 0 Å². The van der Waals surface area contributed by atoms with Crippen LogP contribution >= 0.6 is 0 Å². The van der Waals surface area contributed by atoms with Gasteiger partial charge in [-0.1, -0.05) is 5.16 Å². The van der Waals surface area contributed by atoms with E-state index in [1.807, 2.05) is 6.07 Å². The average molecular weight is 322 g/mol. The van der Waals surface area contributed by atoms with E-state index in [0.717, 1.165) is 12.8 Å². The van der Waals surface area contributed by atoms with E-state index in [-0.39, 0.29) is 28.8 Å². The lowest BCUT2D eigenvalue weighted by Crippen LogP contribution is -2.14. The van der Waals surface area contributed by atoms with Crippen molar-refractivity contribution in [2.75, 3.05) is 5.32 Å². The molecule has 1 saturated carbocycles. The van der Waals surface area contributed by atoms with Crippen LogP contribution in [0.3, 0.4) is 0 Å². The Morgan fingerprint density at radius 3 is 2.70 bits per heavy atom. The van der Waals surface area contributed by atoms with Crippen molar-refractivity contribution < 1.29 is 22.5 Å². The highest BCUT2D eigenvalue weighted by atomic mass is 19.4. The summed E-state index contributed by atoms with van der Waals surface area (Å²) in [7, 11) is 0. The number of carbonyl (C=O) groups is 1. The van der Waals surface area contributed by atoms with Gasteiger partial charge in [-0.25, -0.2) is 0 Å². The van der Waals surface area contributed by atoms with Gasteiger partial charge in [0.1, 0.15) is 6.07 Å². The second-order valence-corrected chi connectivity index (χ2v) is 5.06. The van der Waals surface area contributed by atoms with Gasteiger partial charge in [0.2, 0.25) is 11.7 Å². The molecule has 23 heavy (non-hydrogen) atoms. The number of rotatable bonds is 3. The fourth-order valence-electron chi connectivity index (χ4n) is 1.92. The Morgan fingerprint density at radius 2 is 2.13 bits per heavy atom. The second-order valence-electron chi connectivity index (χ2n) is 5.06. The first-order chi connectivity index (χ1) is 10.9. The third-order valence-corrected chi connectivity index (χ3v) is 3.27. The summed E-state index contributed by atoms with van der Waals surface area (Å²) < 4.78 is 41.5. The number of aromatic nitrogens is 2. The molecule has 0 atom stereocenters. The minimum absolute atomic E-state index is 0.0345. The molecule has 6 nitrogen and oxygen atoms in total. The number of anilines is 1. The fourth-order valence-corrected chi connectivity index (χ4v) is 1.92. The van der Waals surface area contributed by atoms with Gasteiger partial charge in [0.25, 0.3) is 0 Å². The molecule has 0 saturated heterocycles. The molecular formula is C14H9F3N4O2. The normalized spacial score (nSPS) is 14.3. The van der Waals surface area contributed by atoms with Crippen LogP contribution in [0, 0.1) is 17.2 Å². The minimum atomic E-state index is -4.73. The van der Waals surface area contributed by atoms with Crippen molar-refractivity contribution in [1.82, 2.24) is 10.1 Å². The standard InChI is InChI=1S/C14H9F3N4O2/c15-14(16,17)13-20-11(21-23-13)8-3-4-10(9(5-8)6-18)19-12(22)7-1-2-7/h3-5,7H,1-2H2,(H,19,22). The maximum atomic E-state index is 12.5. The van der Waals surface area contributed by atoms with Gasteiger partial charge in [0, 0.05) is 11.5 Å². The second kappa shape index (κ2) is 5.39. The molecule has 0 aliphatic heterocycles. The summed E-state index contributed by atoms with van der Waals surface area (Å²) >= 11 is 0. The quantitative estimate of drug-likeness (QED) is 0.938. The maximum Gasteiger partial charge on any atom is 0.471 e. The highest BCUT2D eigenvalue weighted by Crippen LogP contribution is 2.32. The molecule has 1 aliphatic carbocycles. The van der Waals surface area contributed by atoms with Crippen LogP contribution in [0.5, 0.6) is 0 Å². The van der Waals surface area contributed by atoms with Gasteiger partial charge >= 0.3 is 12.1 Å². The number of amides is 1. The number of halogens is 3. The van der Waals surface area contributed by atoms with Crippen LogP contribution in [0.15, 0.2) is 22.7 Å². The van der Waals surface area contributed by atoms with Gasteiger partial charge in [-0.05, 0) is 31.0 Å². The molecule has 0 bridgehead atoms. The zero-order chi connectivity index (χ0) is 16.6. The number of nitrogens with one attached hydrogen (secondary N) is 1. The first-order valence-corrected chi connectivity index (χ1v) is 6.65. The Hall–Kier alpha value is -2.89. The van der Waals surface area contributed by atoms with Crippen molar-refractivity contribution >= 4 is 11.6 Å². The lowest BCUT2D eigenvalue weighted by atomic mass is 10.1. The largest absolute Gasteiger partial charge is 0.471 e. The van der Waals surface area contributed by atoms with Gasteiger partial charge in [0.05, 0.1) is 11.3 Å². The molecule has 1 aliphatic rings. The molecule has 3 rings (SSSR count). The van der Waals surface area contributed by atoms with Gasteiger partial charge in [-0.15, -0.1) is 0 Å². The Kier molecular flexibility index (Phi) is 3.52. The van der Waals surface area contributed by atoms with E-state index in [1.165, 1.54) is 18.2 Å². The number of benzene rings is 1. The molecule has 1 N–H and O–H groups in total. The molecule has 118 valence electrons. The summed E-state index contributed by atoms with van der Waals surface area (Å²) in [5, 5.41) is 15.0. The number of carbonyl (C=O) groups excluding carboxylic acids is 1. The molecular weight excluding hydrogens is 313 g/mol. The van der Waals surface area contributed by atoms with Crippen LogP contribution in [0.2, 0.25) is 0 Å². The Labute approximate surface area is 127 Å². The predicted octanol–water partition coefficient (Wildman–Crippen LogP) is 2.98. The minimum Gasteiger partial charge on any atom is -0.329 e. The molecule has 2 aromatic rings. The zero-order valence-corrected chi connectivity index (χ0v) is 11.5. The van der Waals surface area contributed by atoms with Crippen LogP contribution in [0.4, 0.5) is 18.9 Å². The molecule has 1 amide bonds.